The van der Waals surface area contributed by atoms with Gasteiger partial charge in [-0.25, -0.2) is 0 Å². The molecule has 26 heavy (non-hydrogen) atoms. The summed E-state index contributed by atoms with van der Waals surface area (Å²) in [6.45, 7) is 6.21. The summed E-state index contributed by atoms with van der Waals surface area (Å²) < 4.78 is 26.8. The summed E-state index contributed by atoms with van der Waals surface area (Å²) in [4.78, 5) is 2.16. The van der Waals surface area contributed by atoms with Crippen molar-refractivity contribution in [2.24, 2.45) is 0 Å². The number of hydrogen-bond donors (Lipinski definition) is 1. The molecule has 0 aliphatic heterocycles. The van der Waals surface area contributed by atoms with Crippen LogP contribution in [-0.2, 0) is 23.7 Å². The predicted molar refractivity (Wildman–Crippen MR) is 101 cm³/mol. The second kappa shape index (κ2) is 17.2. The highest BCUT2D eigenvalue weighted by Crippen LogP contribution is 2.09. The minimum atomic E-state index is 0.0406. The Labute approximate surface area is 156 Å². The Bertz CT molecular complexity index is 406. The van der Waals surface area contributed by atoms with Crippen LogP contribution in [0.5, 0.6) is 0 Å². The molecular weight excluding hydrogens is 338 g/mol. The van der Waals surface area contributed by atoms with Gasteiger partial charge in [-0.2, -0.15) is 0 Å². The molecule has 1 aromatic carbocycles. The van der Waals surface area contributed by atoms with Crippen molar-refractivity contribution in [1.82, 2.24) is 0 Å². The van der Waals surface area contributed by atoms with Gasteiger partial charge in [0.05, 0.1) is 72.7 Å². The van der Waals surface area contributed by atoms with E-state index in [1.165, 1.54) is 5.69 Å². The van der Waals surface area contributed by atoms with E-state index in [9.17, 15) is 0 Å². The lowest BCUT2D eigenvalue weighted by molar-refractivity contribution is -0.0128. The van der Waals surface area contributed by atoms with Crippen molar-refractivity contribution >= 4 is 5.69 Å². The Balaban J connectivity index is 1.76. The first kappa shape index (κ1) is 22.8. The van der Waals surface area contributed by atoms with Gasteiger partial charge in [-0.15, -0.1) is 0 Å². The van der Waals surface area contributed by atoms with Crippen molar-refractivity contribution in [1.29, 1.82) is 0 Å². The largest absolute Gasteiger partial charge is 0.394 e. The van der Waals surface area contributed by atoms with Crippen LogP contribution >= 0.6 is 0 Å². The monoisotopic (exact) mass is 371 g/mol. The Kier molecular flexibility index (Phi) is 15.1. The molecule has 0 bridgehead atoms. The minimum absolute atomic E-state index is 0.0406. The summed E-state index contributed by atoms with van der Waals surface area (Å²) >= 11 is 0. The molecule has 0 aliphatic carbocycles. The van der Waals surface area contributed by atoms with Crippen LogP contribution in [0.4, 0.5) is 5.69 Å². The fourth-order valence-corrected chi connectivity index (χ4v) is 2.06. The zero-order valence-electron chi connectivity index (χ0n) is 15.8. The second-order valence-electron chi connectivity index (χ2n) is 5.54. The lowest BCUT2D eigenvalue weighted by Crippen LogP contribution is -2.23. The molecule has 0 saturated heterocycles. The number of para-hydroxylation sites is 1. The van der Waals surface area contributed by atoms with Crippen LogP contribution in [0.3, 0.4) is 0 Å². The normalized spacial score (nSPS) is 11.0. The molecule has 0 saturated carbocycles. The van der Waals surface area contributed by atoms with E-state index in [0.29, 0.717) is 66.1 Å². The first-order valence-corrected chi connectivity index (χ1v) is 9.10. The summed E-state index contributed by atoms with van der Waals surface area (Å²) in [5.41, 5.74) is 1.19. The van der Waals surface area contributed by atoms with Gasteiger partial charge in [-0.1, -0.05) is 18.2 Å². The smallest absolute Gasteiger partial charge is 0.0701 e. The van der Waals surface area contributed by atoms with E-state index in [1.54, 1.807) is 0 Å². The van der Waals surface area contributed by atoms with Crippen LogP contribution < -0.4 is 4.90 Å². The molecule has 0 unspecified atom stereocenters. The molecule has 7 heteroatoms. The number of anilines is 1. The summed E-state index contributed by atoms with van der Waals surface area (Å²) in [7, 11) is 2.05. The summed E-state index contributed by atoms with van der Waals surface area (Å²) in [5.74, 6) is 0. The summed E-state index contributed by atoms with van der Waals surface area (Å²) in [6.07, 6.45) is 0. The highest BCUT2D eigenvalue weighted by Gasteiger charge is 1.99. The molecule has 0 heterocycles. The fraction of sp³-hybridized carbons (Fsp3) is 0.684. The van der Waals surface area contributed by atoms with Crippen LogP contribution in [0.1, 0.15) is 0 Å². The maximum atomic E-state index is 8.53. The van der Waals surface area contributed by atoms with Crippen molar-refractivity contribution in [3.63, 3.8) is 0 Å². The molecule has 1 aromatic rings. The molecule has 1 rings (SSSR count). The van der Waals surface area contributed by atoms with E-state index >= 15 is 0 Å². The molecule has 0 fully saturated rings. The van der Waals surface area contributed by atoms with Crippen molar-refractivity contribution < 1.29 is 28.8 Å². The van der Waals surface area contributed by atoms with Gasteiger partial charge in [0.1, 0.15) is 0 Å². The molecule has 1 N–H and O–H groups in total. The van der Waals surface area contributed by atoms with Crippen LogP contribution in [0.2, 0.25) is 0 Å². The van der Waals surface area contributed by atoms with Gasteiger partial charge in [0.25, 0.3) is 0 Å². The van der Waals surface area contributed by atoms with Crippen LogP contribution in [-0.4, -0.2) is 91.4 Å². The number of ether oxygens (including phenoxy) is 5. The van der Waals surface area contributed by atoms with E-state index < -0.39 is 0 Å². The first-order chi connectivity index (χ1) is 12.8. The van der Waals surface area contributed by atoms with Crippen molar-refractivity contribution in [3.8, 4) is 0 Å². The van der Waals surface area contributed by atoms with Crippen molar-refractivity contribution in [2.75, 3.05) is 91.2 Å². The molecule has 0 aliphatic rings. The van der Waals surface area contributed by atoms with Crippen LogP contribution in [0.25, 0.3) is 0 Å². The lowest BCUT2D eigenvalue weighted by Gasteiger charge is -2.19. The molecule has 0 aromatic heterocycles. The summed E-state index contributed by atoms with van der Waals surface area (Å²) in [5, 5.41) is 8.53. The molecule has 0 amide bonds. The molecular formula is C19H33NO6. The molecule has 7 nitrogen and oxygen atoms in total. The molecule has 0 spiro atoms. The molecule has 150 valence electrons. The van der Waals surface area contributed by atoms with Crippen molar-refractivity contribution in [3.05, 3.63) is 30.3 Å². The first-order valence-electron chi connectivity index (χ1n) is 9.10. The van der Waals surface area contributed by atoms with Gasteiger partial charge in [-0.3, -0.25) is 0 Å². The Hall–Kier alpha value is -1.22. The average Bonchev–Trinajstić information content (AvgIpc) is 2.68. The highest BCUT2D eigenvalue weighted by molar-refractivity contribution is 5.44. The Morgan fingerprint density at radius 3 is 1.54 bits per heavy atom. The zero-order valence-corrected chi connectivity index (χ0v) is 15.8. The lowest BCUT2D eigenvalue weighted by atomic mass is 10.3. The Morgan fingerprint density at radius 1 is 0.654 bits per heavy atom. The SMILES string of the molecule is CN(CCOCCOCCOCCOCCOCCO)c1ccccc1. The third kappa shape index (κ3) is 13.0. The highest BCUT2D eigenvalue weighted by atomic mass is 16.6. The molecule has 0 radical (unpaired) electrons. The zero-order chi connectivity index (χ0) is 18.7. The van der Waals surface area contributed by atoms with Crippen LogP contribution in [0.15, 0.2) is 30.3 Å². The van der Waals surface area contributed by atoms with Gasteiger partial charge in [0, 0.05) is 19.3 Å². The summed E-state index contributed by atoms with van der Waals surface area (Å²) in [6, 6.07) is 10.2. The van der Waals surface area contributed by atoms with Gasteiger partial charge in [-0.05, 0) is 12.1 Å². The number of aliphatic hydroxyl groups is 1. The minimum Gasteiger partial charge on any atom is -0.394 e. The van der Waals surface area contributed by atoms with E-state index in [-0.39, 0.29) is 6.61 Å². The Morgan fingerprint density at radius 2 is 1.08 bits per heavy atom. The number of nitrogens with zero attached hydrogens (tertiary/aromatic N) is 1. The molecule has 0 atom stereocenters. The van der Waals surface area contributed by atoms with Gasteiger partial charge >= 0.3 is 0 Å². The van der Waals surface area contributed by atoms with Gasteiger partial charge in [0.15, 0.2) is 0 Å². The number of benzene rings is 1. The predicted octanol–water partition coefficient (Wildman–Crippen LogP) is 1.20. The maximum Gasteiger partial charge on any atom is 0.0701 e. The fourth-order valence-electron chi connectivity index (χ4n) is 2.06. The second-order valence-corrected chi connectivity index (χ2v) is 5.54. The maximum absolute atomic E-state index is 8.53. The van der Waals surface area contributed by atoms with Gasteiger partial charge < -0.3 is 33.7 Å². The number of aliphatic hydroxyl groups excluding tert-OH is 1. The van der Waals surface area contributed by atoms with Crippen LogP contribution in [0, 0.1) is 0 Å². The standard InChI is InChI=1S/C19H33NO6/c1-20(19-5-3-2-4-6-19)7-9-22-11-13-24-15-17-26-18-16-25-14-12-23-10-8-21/h2-6,21H,7-18H2,1H3. The van der Waals surface area contributed by atoms with Gasteiger partial charge in [0.2, 0.25) is 0 Å². The van der Waals surface area contributed by atoms with E-state index in [1.807, 2.05) is 18.2 Å². The third-order valence-corrected chi connectivity index (χ3v) is 3.49. The average molecular weight is 371 g/mol. The number of likely N-dealkylation sites (N-methyl/N-ethyl adjacent to an activating group) is 1. The van der Waals surface area contributed by atoms with E-state index in [2.05, 4.69) is 24.1 Å². The van der Waals surface area contributed by atoms with E-state index in [4.69, 9.17) is 28.8 Å². The quantitative estimate of drug-likeness (QED) is 0.389. The third-order valence-electron chi connectivity index (χ3n) is 3.49. The number of hydrogen-bond acceptors (Lipinski definition) is 7. The van der Waals surface area contributed by atoms with E-state index in [0.717, 1.165) is 6.54 Å². The topological polar surface area (TPSA) is 69.6 Å². The van der Waals surface area contributed by atoms with Crippen molar-refractivity contribution in [2.45, 2.75) is 0 Å². The number of rotatable bonds is 18.